The Kier molecular flexibility index (Phi) is 6.37. The molecule has 0 bridgehead atoms. The summed E-state index contributed by atoms with van der Waals surface area (Å²) in [5.74, 6) is 0.146. The second kappa shape index (κ2) is 8.78. The summed E-state index contributed by atoms with van der Waals surface area (Å²) < 4.78 is 1.86. The Hall–Kier alpha value is -2.67. The maximum absolute atomic E-state index is 12.6. The maximum atomic E-state index is 12.6. The Morgan fingerprint density at radius 2 is 1.66 bits per heavy atom. The van der Waals surface area contributed by atoms with Crippen LogP contribution < -0.4 is 5.32 Å². The zero-order chi connectivity index (χ0) is 21.1. The van der Waals surface area contributed by atoms with Gasteiger partial charge in [-0.2, -0.15) is 5.10 Å². The molecule has 1 fully saturated rings. The highest BCUT2D eigenvalue weighted by Gasteiger charge is 2.24. The van der Waals surface area contributed by atoms with Gasteiger partial charge in [-0.25, -0.2) is 4.68 Å². The van der Waals surface area contributed by atoms with Gasteiger partial charge in [0, 0.05) is 32.1 Å². The highest BCUT2D eigenvalue weighted by molar-refractivity contribution is 5.93. The van der Waals surface area contributed by atoms with Gasteiger partial charge in [0.2, 0.25) is 11.8 Å². The third-order valence-electron chi connectivity index (χ3n) is 5.38. The summed E-state index contributed by atoms with van der Waals surface area (Å²) in [4.78, 5) is 28.7. The Morgan fingerprint density at radius 3 is 2.24 bits per heavy atom. The number of aryl methyl sites for hydroxylation is 2. The number of aromatic nitrogens is 2. The van der Waals surface area contributed by atoms with Gasteiger partial charge in [0.25, 0.3) is 0 Å². The highest BCUT2D eigenvalue weighted by Crippen LogP contribution is 2.23. The summed E-state index contributed by atoms with van der Waals surface area (Å²) >= 11 is 0. The number of nitrogens with one attached hydrogen (secondary N) is 1. The fourth-order valence-electron chi connectivity index (χ4n) is 3.63. The van der Waals surface area contributed by atoms with E-state index in [9.17, 15) is 9.59 Å². The summed E-state index contributed by atoms with van der Waals surface area (Å²) in [6.07, 6.45) is 0. The average Bonchev–Trinajstić information content (AvgIpc) is 2.96. The molecule has 2 heterocycles. The summed E-state index contributed by atoms with van der Waals surface area (Å²) in [5.41, 5.74) is 4.64. The zero-order valence-electron chi connectivity index (χ0n) is 18.0. The lowest BCUT2D eigenvalue weighted by atomic mass is 10.1. The van der Waals surface area contributed by atoms with E-state index in [0.29, 0.717) is 32.7 Å². The average molecular weight is 398 g/mol. The van der Waals surface area contributed by atoms with Gasteiger partial charge in [-0.15, -0.1) is 0 Å². The van der Waals surface area contributed by atoms with E-state index in [1.54, 1.807) is 0 Å². The van der Waals surface area contributed by atoms with E-state index >= 15 is 0 Å². The summed E-state index contributed by atoms with van der Waals surface area (Å²) in [6, 6.07) is 8.15. The van der Waals surface area contributed by atoms with Crippen molar-refractivity contribution in [3.63, 3.8) is 0 Å². The van der Waals surface area contributed by atoms with Crippen molar-refractivity contribution in [1.29, 1.82) is 0 Å². The van der Waals surface area contributed by atoms with Crippen LogP contribution in [-0.2, 0) is 9.59 Å². The molecule has 7 heteroatoms. The number of amides is 2. The lowest BCUT2D eigenvalue weighted by Gasteiger charge is -2.35. The van der Waals surface area contributed by atoms with E-state index in [0.717, 1.165) is 22.8 Å². The lowest BCUT2D eigenvalue weighted by molar-refractivity contribution is -0.136. The number of nitrogens with zero attached hydrogens (tertiary/aromatic N) is 4. The molecule has 0 radical (unpaired) electrons. The normalized spacial score (nSPS) is 15.0. The van der Waals surface area contributed by atoms with Gasteiger partial charge < -0.3 is 10.2 Å². The minimum atomic E-state index is -0.0525. The summed E-state index contributed by atoms with van der Waals surface area (Å²) in [6.45, 7) is 12.9. The first-order chi connectivity index (χ1) is 13.8. The van der Waals surface area contributed by atoms with Gasteiger partial charge in [0.15, 0.2) is 0 Å². The van der Waals surface area contributed by atoms with Gasteiger partial charge in [-0.1, -0.05) is 31.5 Å². The monoisotopic (exact) mass is 397 g/mol. The minimum absolute atomic E-state index is 0.0147. The van der Waals surface area contributed by atoms with Crippen molar-refractivity contribution in [2.24, 2.45) is 5.92 Å². The van der Waals surface area contributed by atoms with Crippen LogP contribution in [0.1, 0.15) is 30.8 Å². The first-order valence-electron chi connectivity index (χ1n) is 10.2. The minimum Gasteiger partial charge on any atom is -0.340 e. The summed E-state index contributed by atoms with van der Waals surface area (Å²) in [5, 5.41) is 7.63. The van der Waals surface area contributed by atoms with Crippen LogP contribution >= 0.6 is 0 Å². The van der Waals surface area contributed by atoms with Crippen molar-refractivity contribution < 1.29 is 9.59 Å². The van der Waals surface area contributed by atoms with E-state index in [-0.39, 0.29) is 17.7 Å². The number of rotatable bonds is 5. The fraction of sp³-hybridized carbons (Fsp3) is 0.500. The second-order valence-electron chi connectivity index (χ2n) is 8.10. The Bertz CT molecular complexity index is 877. The third kappa shape index (κ3) is 4.85. The number of hydrogen-bond donors (Lipinski definition) is 1. The topological polar surface area (TPSA) is 70.5 Å². The van der Waals surface area contributed by atoms with Crippen LogP contribution in [0.2, 0.25) is 0 Å². The SMILES string of the molecule is Cc1ccc(-n2nc(C)c(NC(=O)CN3CCN(C(=O)C(C)C)CC3)c2C)cc1. The number of anilines is 1. The van der Waals surface area contributed by atoms with Crippen LogP contribution in [0.5, 0.6) is 0 Å². The molecular weight excluding hydrogens is 366 g/mol. The van der Waals surface area contributed by atoms with Gasteiger partial charge in [0.1, 0.15) is 0 Å². The molecule has 3 rings (SSSR count). The van der Waals surface area contributed by atoms with Crippen LogP contribution in [0.4, 0.5) is 5.69 Å². The van der Waals surface area contributed by atoms with Crippen LogP contribution in [0.15, 0.2) is 24.3 Å². The molecule has 1 aromatic heterocycles. The first-order valence-corrected chi connectivity index (χ1v) is 10.2. The predicted molar refractivity (Wildman–Crippen MR) is 114 cm³/mol. The molecule has 1 saturated heterocycles. The Balaban J connectivity index is 1.60. The molecule has 1 aliphatic rings. The number of piperazine rings is 1. The van der Waals surface area contributed by atoms with Gasteiger partial charge in [-0.05, 0) is 32.9 Å². The highest BCUT2D eigenvalue weighted by atomic mass is 16.2. The molecule has 2 amide bonds. The smallest absolute Gasteiger partial charge is 0.238 e. The number of hydrogen-bond acceptors (Lipinski definition) is 4. The first kappa shape index (κ1) is 21.0. The Morgan fingerprint density at radius 1 is 1.03 bits per heavy atom. The zero-order valence-corrected chi connectivity index (χ0v) is 18.0. The predicted octanol–water partition coefficient (Wildman–Crippen LogP) is 2.54. The van der Waals surface area contributed by atoms with Crippen molar-refractivity contribution in [2.45, 2.75) is 34.6 Å². The second-order valence-corrected chi connectivity index (χ2v) is 8.10. The molecule has 0 unspecified atom stereocenters. The largest absolute Gasteiger partial charge is 0.340 e. The van der Waals surface area contributed by atoms with Crippen molar-refractivity contribution >= 4 is 17.5 Å². The molecule has 0 spiro atoms. The van der Waals surface area contributed by atoms with Crippen molar-refractivity contribution in [1.82, 2.24) is 19.6 Å². The molecule has 0 aliphatic carbocycles. The quantitative estimate of drug-likeness (QED) is 0.842. The van der Waals surface area contributed by atoms with Crippen molar-refractivity contribution in [3.05, 3.63) is 41.2 Å². The fourth-order valence-corrected chi connectivity index (χ4v) is 3.63. The van der Waals surface area contributed by atoms with E-state index < -0.39 is 0 Å². The van der Waals surface area contributed by atoms with Crippen LogP contribution in [-0.4, -0.2) is 64.1 Å². The molecule has 2 aromatic rings. The molecule has 0 atom stereocenters. The van der Waals surface area contributed by atoms with E-state index in [1.807, 2.05) is 61.5 Å². The molecular formula is C22H31N5O2. The number of carbonyl (C=O) groups is 2. The van der Waals surface area contributed by atoms with Gasteiger partial charge >= 0.3 is 0 Å². The molecule has 0 saturated carbocycles. The maximum Gasteiger partial charge on any atom is 0.238 e. The lowest BCUT2D eigenvalue weighted by Crippen LogP contribution is -2.51. The van der Waals surface area contributed by atoms with Crippen molar-refractivity contribution in [3.8, 4) is 5.69 Å². The molecule has 7 nitrogen and oxygen atoms in total. The number of carbonyl (C=O) groups excluding carboxylic acids is 2. The van der Waals surface area contributed by atoms with E-state index in [4.69, 9.17) is 0 Å². The van der Waals surface area contributed by atoms with Crippen LogP contribution in [0.3, 0.4) is 0 Å². The summed E-state index contributed by atoms with van der Waals surface area (Å²) in [7, 11) is 0. The van der Waals surface area contributed by atoms with Crippen molar-refractivity contribution in [2.75, 3.05) is 38.0 Å². The van der Waals surface area contributed by atoms with E-state index in [1.165, 1.54) is 5.56 Å². The van der Waals surface area contributed by atoms with E-state index in [2.05, 4.69) is 22.2 Å². The molecule has 156 valence electrons. The van der Waals surface area contributed by atoms with Crippen LogP contribution in [0, 0.1) is 26.7 Å². The third-order valence-corrected chi connectivity index (χ3v) is 5.38. The molecule has 1 aromatic carbocycles. The van der Waals surface area contributed by atoms with Gasteiger partial charge in [0.05, 0.1) is 29.3 Å². The molecule has 1 aliphatic heterocycles. The molecule has 1 N–H and O–H groups in total. The number of benzene rings is 1. The Labute approximate surface area is 172 Å². The standard InChI is InChI=1S/C22H31N5O2/c1-15(2)22(29)26-12-10-25(11-13-26)14-20(28)23-21-17(4)24-27(18(21)5)19-8-6-16(3)7-9-19/h6-9,15H,10-14H2,1-5H3,(H,23,28). The molecule has 29 heavy (non-hydrogen) atoms. The van der Waals surface area contributed by atoms with Gasteiger partial charge in [-0.3, -0.25) is 14.5 Å². The van der Waals surface area contributed by atoms with Crippen LogP contribution in [0.25, 0.3) is 5.69 Å².